The van der Waals surface area contributed by atoms with E-state index in [9.17, 15) is 13.2 Å². The summed E-state index contributed by atoms with van der Waals surface area (Å²) in [5.74, 6) is -0.0143. The van der Waals surface area contributed by atoms with E-state index < -0.39 is 11.7 Å². The van der Waals surface area contributed by atoms with Crippen molar-refractivity contribution in [2.24, 2.45) is 0 Å². The Bertz CT molecular complexity index is 659. The second-order valence-corrected chi connectivity index (χ2v) is 5.54. The van der Waals surface area contributed by atoms with Gasteiger partial charge in [0.15, 0.2) is 5.82 Å². The van der Waals surface area contributed by atoms with Crippen LogP contribution in [0.4, 0.5) is 13.2 Å². The van der Waals surface area contributed by atoms with Crippen molar-refractivity contribution in [3.63, 3.8) is 0 Å². The average Bonchev–Trinajstić information content (AvgIpc) is 2.43. The third-order valence-corrected chi connectivity index (χ3v) is 4.17. The lowest BCUT2D eigenvalue weighted by molar-refractivity contribution is -0.137. The third kappa shape index (κ3) is 3.55. The predicted octanol–water partition coefficient (Wildman–Crippen LogP) is 5.53. The SMILES string of the molecule is CCCc1nc(-c2ccccc2C(F)(F)F)nc(Cl)c1Br. The number of benzene rings is 1. The maximum atomic E-state index is 13.1. The van der Waals surface area contributed by atoms with Crippen molar-refractivity contribution in [1.29, 1.82) is 0 Å². The van der Waals surface area contributed by atoms with Crippen LogP contribution in [0.1, 0.15) is 24.6 Å². The first-order chi connectivity index (χ1) is 9.84. The van der Waals surface area contributed by atoms with E-state index in [0.717, 1.165) is 12.5 Å². The molecule has 0 N–H and O–H groups in total. The van der Waals surface area contributed by atoms with Crippen LogP contribution in [0.25, 0.3) is 11.4 Å². The number of aromatic nitrogens is 2. The van der Waals surface area contributed by atoms with Crippen LogP contribution < -0.4 is 0 Å². The molecule has 0 aliphatic heterocycles. The van der Waals surface area contributed by atoms with Gasteiger partial charge in [-0.3, -0.25) is 0 Å². The van der Waals surface area contributed by atoms with Crippen molar-refractivity contribution in [3.8, 4) is 11.4 Å². The molecule has 0 amide bonds. The summed E-state index contributed by atoms with van der Waals surface area (Å²) in [6, 6.07) is 5.20. The van der Waals surface area contributed by atoms with Gasteiger partial charge in [-0.2, -0.15) is 13.2 Å². The van der Waals surface area contributed by atoms with E-state index in [2.05, 4.69) is 25.9 Å². The largest absolute Gasteiger partial charge is 0.417 e. The van der Waals surface area contributed by atoms with E-state index in [0.29, 0.717) is 16.6 Å². The Morgan fingerprint density at radius 1 is 1.19 bits per heavy atom. The molecule has 112 valence electrons. The Labute approximate surface area is 133 Å². The van der Waals surface area contributed by atoms with E-state index in [1.807, 2.05) is 6.92 Å². The Morgan fingerprint density at radius 3 is 2.48 bits per heavy atom. The molecule has 21 heavy (non-hydrogen) atoms. The summed E-state index contributed by atoms with van der Waals surface area (Å²) in [5, 5.41) is 0.112. The second kappa shape index (κ2) is 6.32. The molecule has 0 spiro atoms. The maximum Gasteiger partial charge on any atom is 0.417 e. The predicted molar refractivity (Wildman–Crippen MR) is 79.2 cm³/mol. The number of hydrogen-bond donors (Lipinski definition) is 0. The van der Waals surface area contributed by atoms with E-state index >= 15 is 0 Å². The monoisotopic (exact) mass is 378 g/mol. The van der Waals surface area contributed by atoms with E-state index in [1.54, 1.807) is 0 Å². The molecule has 1 aromatic carbocycles. The summed E-state index contributed by atoms with van der Waals surface area (Å²) < 4.78 is 39.7. The lowest BCUT2D eigenvalue weighted by atomic mass is 10.1. The highest BCUT2D eigenvalue weighted by atomic mass is 79.9. The molecular formula is C14H11BrClF3N2. The van der Waals surface area contributed by atoms with Gasteiger partial charge in [0, 0.05) is 5.56 Å². The van der Waals surface area contributed by atoms with Crippen LogP contribution in [0.3, 0.4) is 0 Å². The Hall–Kier alpha value is -1.14. The van der Waals surface area contributed by atoms with Gasteiger partial charge in [0.1, 0.15) is 5.15 Å². The number of alkyl halides is 3. The van der Waals surface area contributed by atoms with Crippen LogP contribution in [0, 0.1) is 0 Å². The van der Waals surface area contributed by atoms with Gasteiger partial charge >= 0.3 is 6.18 Å². The summed E-state index contributed by atoms with van der Waals surface area (Å²) >= 11 is 9.26. The van der Waals surface area contributed by atoms with E-state index in [4.69, 9.17) is 11.6 Å². The van der Waals surface area contributed by atoms with E-state index in [-0.39, 0.29) is 16.5 Å². The first-order valence-electron chi connectivity index (χ1n) is 6.23. The summed E-state index contributed by atoms with van der Waals surface area (Å²) in [5.41, 5.74) is -0.243. The molecule has 2 aromatic rings. The minimum Gasteiger partial charge on any atom is -0.232 e. The second-order valence-electron chi connectivity index (χ2n) is 4.39. The Morgan fingerprint density at radius 2 is 1.86 bits per heavy atom. The molecule has 0 aliphatic carbocycles. The van der Waals surface area contributed by atoms with Crippen LogP contribution >= 0.6 is 27.5 Å². The molecule has 0 saturated heterocycles. The van der Waals surface area contributed by atoms with E-state index in [1.165, 1.54) is 18.2 Å². The Balaban J connectivity index is 2.63. The zero-order chi connectivity index (χ0) is 15.6. The Kier molecular flexibility index (Phi) is 4.88. The van der Waals surface area contributed by atoms with Gasteiger partial charge in [0.25, 0.3) is 0 Å². The van der Waals surface area contributed by atoms with Crippen molar-refractivity contribution in [3.05, 3.63) is 45.1 Å². The van der Waals surface area contributed by atoms with Gasteiger partial charge in [-0.1, -0.05) is 43.1 Å². The number of nitrogens with zero attached hydrogens (tertiary/aromatic N) is 2. The van der Waals surface area contributed by atoms with Crippen molar-refractivity contribution in [1.82, 2.24) is 9.97 Å². The number of halogens is 5. The lowest BCUT2D eigenvalue weighted by Gasteiger charge is -2.13. The lowest BCUT2D eigenvalue weighted by Crippen LogP contribution is -2.09. The summed E-state index contributed by atoms with van der Waals surface area (Å²) in [4.78, 5) is 8.19. The molecule has 7 heteroatoms. The fraction of sp³-hybridized carbons (Fsp3) is 0.286. The summed E-state index contributed by atoms with van der Waals surface area (Å²) in [7, 11) is 0. The topological polar surface area (TPSA) is 25.8 Å². The highest BCUT2D eigenvalue weighted by Gasteiger charge is 2.34. The average molecular weight is 380 g/mol. The van der Waals surface area contributed by atoms with Gasteiger partial charge in [-0.15, -0.1) is 0 Å². The minimum absolute atomic E-state index is 0.0143. The van der Waals surface area contributed by atoms with Crippen LogP contribution in [0.2, 0.25) is 5.15 Å². The van der Waals surface area contributed by atoms with Crippen molar-refractivity contribution in [2.45, 2.75) is 25.9 Å². The minimum atomic E-state index is -4.47. The van der Waals surface area contributed by atoms with Gasteiger partial charge in [-0.25, -0.2) is 9.97 Å². The number of rotatable bonds is 3. The molecule has 2 rings (SSSR count). The van der Waals surface area contributed by atoms with Gasteiger partial charge in [-0.05, 0) is 28.4 Å². The van der Waals surface area contributed by atoms with Crippen LogP contribution in [0.5, 0.6) is 0 Å². The fourth-order valence-electron chi connectivity index (χ4n) is 1.91. The van der Waals surface area contributed by atoms with Crippen LogP contribution in [0.15, 0.2) is 28.7 Å². The summed E-state index contributed by atoms with van der Waals surface area (Å²) in [6.07, 6.45) is -3.07. The fourth-order valence-corrected chi connectivity index (χ4v) is 2.48. The highest BCUT2D eigenvalue weighted by Crippen LogP contribution is 2.37. The first kappa shape index (κ1) is 16.2. The number of hydrogen-bond acceptors (Lipinski definition) is 2. The molecule has 2 nitrogen and oxygen atoms in total. The molecule has 0 radical (unpaired) electrons. The molecule has 0 saturated carbocycles. The van der Waals surface area contributed by atoms with Gasteiger partial charge < -0.3 is 0 Å². The molecule has 0 aliphatic rings. The standard InChI is InChI=1S/C14H11BrClF3N2/c1-2-5-10-11(15)12(16)21-13(20-10)8-6-3-4-7-9(8)14(17,18)19/h3-4,6-7H,2,5H2,1H3. The zero-order valence-corrected chi connectivity index (χ0v) is 13.3. The smallest absolute Gasteiger partial charge is 0.232 e. The molecule has 0 bridgehead atoms. The number of aryl methyl sites for hydroxylation is 1. The third-order valence-electron chi connectivity index (χ3n) is 2.84. The molecule has 0 fully saturated rings. The van der Waals surface area contributed by atoms with Crippen molar-refractivity contribution >= 4 is 27.5 Å². The highest BCUT2D eigenvalue weighted by molar-refractivity contribution is 9.10. The normalized spacial score (nSPS) is 11.7. The molecule has 0 unspecified atom stereocenters. The molecular weight excluding hydrogens is 369 g/mol. The maximum absolute atomic E-state index is 13.1. The van der Waals surface area contributed by atoms with Crippen molar-refractivity contribution < 1.29 is 13.2 Å². The van der Waals surface area contributed by atoms with Crippen LogP contribution in [-0.4, -0.2) is 9.97 Å². The molecule has 1 heterocycles. The zero-order valence-electron chi connectivity index (χ0n) is 11.0. The van der Waals surface area contributed by atoms with Crippen LogP contribution in [-0.2, 0) is 12.6 Å². The van der Waals surface area contributed by atoms with Gasteiger partial charge in [0.2, 0.25) is 0 Å². The summed E-state index contributed by atoms with van der Waals surface area (Å²) in [6.45, 7) is 1.95. The molecule has 1 aromatic heterocycles. The molecule has 0 atom stereocenters. The van der Waals surface area contributed by atoms with Crippen molar-refractivity contribution in [2.75, 3.05) is 0 Å². The first-order valence-corrected chi connectivity index (χ1v) is 7.40. The quantitative estimate of drug-likeness (QED) is 0.655. The van der Waals surface area contributed by atoms with Gasteiger partial charge in [0.05, 0.1) is 15.7 Å².